The van der Waals surface area contributed by atoms with Crippen LogP contribution in [0.15, 0.2) is 28.7 Å². The van der Waals surface area contributed by atoms with Gasteiger partial charge >= 0.3 is 0 Å². The predicted octanol–water partition coefficient (Wildman–Crippen LogP) is 3.98. The molecule has 0 radical (unpaired) electrons. The van der Waals surface area contributed by atoms with Crippen molar-refractivity contribution in [3.63, 3.8) is 0 Å². The second kappa shape index (κ2) is 9.60. The summed E-state index contributed by atoms with van der Waals surface area (Å²) in [5.41, 5.74) is 1.94. The molecule has 3 heterocycles. The Bertz CT molecular complexity index is 1310. The van der Waals surface area contributed by atoms with Crippen molar-refractivity contribution in [2.45, 2.75) is 32.6 Å². The summed E-state index contributed by atoms with van der Waals surface area (Å²) in [6, 6.07) is 7.04. The van der Waals surface area contributed by atoms with Gasteiger partial charge in [0.1, 0.15) is 10.6 Å². The fraction of sp³-hybridized carbons (Fsp3) is 0.400. The van der Waals surface area contributed by atoms with Gasteiger partial charge in [-0.05, 0) is 50.3 Å². The zero-order valence-corrected chi connectivity index (χ0v) is 19.9. The van der Waals surface area contributed by atoms with Crippen molar-refractivity contribution >= 4 is 39.1 Å². The highest BCUT2D eigenvalue weighted by Gasteiger charge is 2.30. The Morgan fingerprint density at radius 2 is 2.00 bits per heavy atom. The van der Waals surface area contributed by atoms with Gasteiger partial charge in [-0.25, -0.2) is 0 Å². The van der Waals surface area contributed by atoms with E-state index in [1.807, 2.05) is 19.1 Å². The number of hydrogen-bond acceptors (Lipinski definition) is 7. The fourth-order valence-corrected chi connectivity index (χ4v) is 5.82. The Morgan fingerprint density at radius 1 is 1.21 bits per heavy atom. The number of fused-ring (bicyclic) bond motifs is 2. The molecule has 0 atom stereocenters. The lowest BCUT2D eigenvalue weighted by Crippen LogP contribution is -2.41. The minimum Gasteiger partial charge on any atom is -0.490 e. The summed E-state index contributed by atoms with van der Waals surface area (Å²) in [5, 5.41) is 12.5. The fourth-order valence-electron chi connectivity index (χ4n) is 4.55. The molecular formula is C25H27N3O5S. The molecule has 5 rings (SSSR count). The lowest BCUT2D eigenvalue weighted by Gasteiger charge is -2.27. The number of carbonyl (C=O) groups is 2. The van der Waals surface area contributed by atoms with Gasteiger partial charge < -0.3 is 24.1 Å². The molecule has 3 aromatic rings. The number of hydrogen-bond donors (Lipinski definition) is 2. The van der Waals surface area contributed by atoms with E-state index < -0.39 is 5.91 Å². The summed E-state index contributed by atoms with van der Waals surface area (Å²) in [6.45, 7) is 4.46. The Kier molecular flexibility index (Phi) is 6.38. The highest BCUT2D eigenvalue weighted by atomic mass is 32.1. The third-order valence-electron chi connectivity index (χ3n) is 6.21. The van der Waals surface area contributed by atoms with Crippen LogP contribution in [0.2, 0.25) is 0 Å². The summed E-state index contributed by atoms with van der Waals surface area (Å²) in [4.78, 5) is 29.7. The van der Waals surface area contributed by atoms with E-state index in [1.165, 1.54) is 11.3 Å². The Balaban J connectivity index is 1.50. The Labute approximate surface area is 201 Å². The maximum Gasteiger partial charge on any atom is 0.261 e. The van der Waals surface area contributed by atoms with E-state index in [0.717, 1.165) is 36.1 Å². The molecule has 1 aromatic carbocycles. The first-order valence-electron chi connectivity index (χ1n) is 11.6. The second-order valence-electron chi connectivity index (χ2n) is 8.37. The van der Waals surface area contributed by atoms with E-state index in [4.69, 9.17) is 19.3 Å². The molecule has 2 amide bonds. The lowest BCUT2D eigenvalue weighted by atomic mass is 9.95. The normalized spacial score (nSPS) is 15.7. The summed E-state index contributed by atoms with van der Waals surface area (Å²) >= 11 is 1.47. The molecule has 1 fully saturated rings. The van der Waals surface area contributed by atoms with Gasteiger partial charge in [0.2, 0.25) is 5.55 Å². The summed E-state index contributed by atoms with van der Waals surface area (Å²) in [5.74, 6) is 0.00511. The van der Waals surface area contributed by atoms with E-state index in [1.54, 1.807) is 17.0 Å². The van der Waals surface area contributed by atoms with Gasteiger partial charge in [-0.15, -0.1) is 11.3 Å². The highest BCUT2D eigenvalue weighted by molar-refractivity contribution is 7.17. The molecular weight excluding hydrogens is 454 g/mol. The second-order valence-corrected chi connectivity index (χ2v) is 9.48. The number of morpholine rings is 1. The van der Waals surface area contributed by atoms with Crippen molar-refractivity contribution < 1.29 is 23.5 Å². The molecule has 2 aliphatic rings. The SMILES string of the molecule is CCOc1cccc2cc(C(=O)Nc3sc4c(c3C(=O)N3CCOCC3)CCCC4)c(=N)oc12. The van der Waals surface area contributed by atoms with E-state index in [0.29, 0.717) is 60.2 Å². The van der Waals surface area contributed by atoms with Crippen LogP contribution in [0.25, 0.3) is 11.0 Å². The first kappa shape index (κ1) is 22.6. The van der Waals surface area contributed by atoms with Crippen LogP contribution in [-0.2, 0) is 17.6 Å². The van der Waals surface area contributed by atoms with Crippen LogP contribution in [0.3, 0.4) is 0 Å². The molecule has 2 N–H and O–H groups in total. The number of carbonyl (C=O) groups excluding carboxylic acids is 2. The molecule has 0 spiro atoms. The van der Waals surface area contributed by atoms with Gasteiger partial charge in [0.25, 0.3) is 11.8 Å². The molecule has 0 saturated carbocycles. The van der Waals surface area contributed by atoms with Crippen LogP contribution in [-0.4, -0.2) is 49.6 Å². The molecule has 1 aliphatic heterocycles. The molecule has 9 heteroatoms. The Morgan fingerprint density at radius 3 is 2.79 bits per heavy atom. The molecule has 0 unspecified atom stereocenters. The third-order valence-corrected chi connectivity index (χ3v) is 7.42. The minimum atomic E-state index is -0.466. The predicted molar refractivity (Wildman–Crippen MR) is 129 cm³/mol. The van der Waals surface area contributed by atoms with Crippen molar-refractivity contribution in [3.8, 4) is 5.75 Å². The molecule has 2 aromatic heterocycles. The molecule has 1 saturated heterocycles. The largest absolute Gasteiger partial charge is 0.490 e. The topological polar surface area (TPSA) is 105 Å². The first-order chi connectivity index (χ1) is 16.6. The van der Waals surface area contributed by atoms with Gasteiger partial charge in [-0.2, -0.15) is 0 Å². The van der Waals surface area contributed by atoms with Gasteiger partial charge in [0.15, 0.2) is 11.3 Å². The van der Waals surface area contributed by atoms with Crippen LogP contribution >= 0.6 is 11.3 Å². The lowest BCUT2D eigenvalue weighted by molar-refractivity contribution is 0.0303. The Hall–Kier alpha value is -3.17. The van der Waals surface area contributed by atoms with Crippen LogP contribution < -0.4 is 15.6 Å². The number of nitrogens with one attached hydrogen (secondary N) is 2. The van der Waals surface area contributed by atoms with Crippen LogP contribution in [0.4, 0.5) is 5.00 Å². The van der Waals surface area contributed by atoms with E-state index in [-0.39, 0.29) is 17.0 Å². The number of thiophene rings is 1. The number of anilines is 1. The summed E-state index contributed by atoms with van der Waals surface area (Å²) < 4.78 is 16.7. The van der Waals surface area contributed by atoms with E-state index in [2.05, 4.69) is 5.32 Å². The molecule has 0 bridgehead atoms. The summed E-state index contributed by atoms with van der Waals surface area (Å²) in [6.07, 6.45) is 3.86. The highest BCUT2D eigenvalue weighted by Crippen LogP contribution is 2.39. The van der Waals surface area contributed by atoms with Crippen molar-refractivity contribution in [1.82, 2.24) is 4.90 Å². The number of para-hydroxylation sites is 1. The summed E-state index contributed by atoms with van der Waals surface area (Å²) in [7, 11) is 0. The minimum absolute atomic E-state index is 0.0614. The van der Waals surface area contributed by atoms with Gasteiger partial charge in [-0.1, -0.05) is 12.1 Å². The average Bonchev–Trinajstić information content (AvgIpc) is 3.22. The van der Waals surface area contributed by atoms with Gasteiger partial charge in [-0.3, -0.25) is 15.0 Å². The number of ether oxygens (including phenoxy) is 2. The molecule has 178 valence electrons. The number of amides is 2. The van der Waals surface area contributed by atoms with E-state index >= 15 is 0 Å². The number of aryl methyl sites for hydroxylation is 1. The first-order valence-corrected chi connectivity index (χ1v) is 12.5. The number of rotatable bonds is 5. The number of benzene rings is 1. The van der Waals surface area contributed by atoms with Crippen LogP contribution in [0, 0.1) is 5.41 Å². The average molecular weight is 482 g/mol. The smallest absolute Gasteiger partial charge is 0.261 e. The quantitative estimate of drug-likeness (QED) is 0.574. The molecule has 1 aliphatic carbocycles. The van der Waals surface area contributed by atoms with Crippen molar-refractivity contribution in [3.05, 3.63) is 51.4 Å². The van der Waals surface area contributed by atoms with Crippen molar-refractivity contribution in [1.29, 1.82) is 5.41 Å². The maximum atomic E-state index is 13.5. The third kappa shape index (κ3) is 4.21. The van der Waals surface area contributed by atoms with Crippen LogP contribution in [0.1, 0.15) is 50.9 Å². The number of nitrogens with zero attached hydrogens (tertiary/aromatic N) is 1. The monoisotopic (exact) mass is 481 g/mol. The van der Waals surface area contributed by atoms with Gasteiger partial charge in [0, 0.05) is 23.4 Å². The van der Waals surface area contributed by atoms with Crippen molar-refractivity contribution in [2.75, 3.05) is 38.2 Å². The zero-order chi connectivity index (χ0) is 23.7. The van der Waals surface area contributed by atoms with Gasteiger partial charge in [0.05, 0.1) is 25.4 Å². The molecule has 34 heavy (non-hydrogen) atoms. The van der Waals surface area contributed by atoms with Crippen LogP contribution in [0.5, 0.6) is 5.75 Å². The van der Waals surface area contributed by atoms with E-state index in [9.17, 15) is 9.59 Å². The maximum absolute atomic E-state index is 13.5. The zero-order valence-electron chi connectivity index (χ0n) is 19.1. The molecule has 8 nitrogen and oxygen atoms in total. The standard InChI is InChI=1S/C25H27N3O5S/c1-2-32-18-8-5-6-15-14-17(22(26)33-21(15)18)23(29)27-24-20(16-7-3-4-9-19(16)34-24)25(30)28-10-12-31-13-11-28/h5-6,8,14,26H,2-4,7,9-13H2,1H3,(H,27,29). The van der Waals surface area contributed by atoms with Crippen molar-refractivity contribution in [2.24, 2.45) is 0 Å².